The van der Waals surface area contributed by atoms with Gasteiger partial charge in [0, 0.05) is 0 Å². The van der Waals surface area contributed by atoms with Crippen LogP contribution in [-0.4, -0.2) is 0 Å². The van der Waals surface area contributed by atoms with E-state index < -0.39 is 47.1 Å². The zero-order chi connectivity index (χ0) is 29.3. The van der Waals surface area contributed by atoms with Crippen LogP contribution in [0.1, 0.15) is 90.0 Å². The first-order valence-corrected chi connectivity index (χ1v) is 12.5. The minimum Gasteiger partial charge on any atom is -0.166 e. The number of halogens is 9. The number of hydrogen-bond acceptors (Lipinski definition) is 0. The van der Waals surface area contributed by atoms with Gasteiger partial charge in [-0.1, -0.05) is 64.1 Å². The SMILES string of the molecule is CC(C)c1ccc(C(F)(F)F)cc1CC(C)c1ccc(CC(C)c2ccccc2C(F)(F)F)c(C(F)(F)F)c1. The van der Waals surface area contributed by atoms with Gasteiger partial charge in [-0.05, 0) is 82.7 Å². The molecule has 3 aromatic rings. The van der Waals surface area contributed by atoms with E-state index in [1.807, 2.05) is 13.8 Å². The molecule has 9 heteroatoms. The molecule has 0 nitrogen and oxygen atoms in total. The van der Waals surface area contributed by atoms with Crippen LogP contribution in [0.25, 0.3) is 0 Å². The molecule has 0 aliphatic carbocycles. The molecule has 0 saturated heterocycles. The van der Waals surface area contributed by atoms with E-state index in [9.17, 15) is 39.5 Å². The van der Waals surface area contributed by atoms with Crippen molar-refractivity contribution < 1.29 is 39.5 Å². The average molecular weight is 561 g/mol. The third-order valence-electron chi connectivity index (χ3n) is 6.95. The van der Waals surface area contributed by atoms with Crippen molar-refractivity contribution in [3.8, 4) is 0 Å². The highest BCUT2D eigenvalue weighted by atomic mass is 19.4. The highest BCUT2D eigenvalue weighted by Gasteiger charge is 2.37. The summed E-state index contributed by atoms with van der Waals surface area (Å²) in [6, 6.07) is 11.9. The van der Waals surface area contributed by atoms with E-state index in [1.54, 1.807) is 6.92 Å². The molecule has 39 heavy (non-hydrogen) atoms. The normalized spacial score (nSPS) is 14.5. The number of alkyl halides is 9. The van der Waals surface area contributed by atoms with Gasteiger partial charge in [0.05, 0.1) is 16.7 Å². The Morgan fingerprint density at radius 2 is 1.13 bits per heavy atom. The molecule has 0 aromatic heterocycles. The topological polar surface area (TPSA) is 0 Å². The predicted octanol–water partition coefficient (Wildman–Crippen LogP) is 10.6. The summed E-state index contributed by atoms with van der Waals surface area (Å²) in [4.78, 5) is 0. The summed E-state index contributed by atoms with van der Waals surface area (Å²) < 4.78 is 123. The lowest BCUT2D eigenvalue weighted by Crippen LogP contribution is -2.15. The molecule has 2 atom stereocenters. The summed E-state index contributed by atoms with van der Waals surface area (Å²) >= 11 is 0. The Labute approximate surface area is 221 Å². The van der Waals surface area contributed by atoms with Crippen LogP contribution in [0.4, 0.5) is 39.5 Å². The van der Waals surface area contributed by atoms with Crippen molar-refractivity contribution in [2.75, 3.05) is 0 Å². The zero-order valence-corrected chi connectivity index (χ0v) is 21.8. The molecule has 0 bridgehead atoms. The molecule has 0 saturated carbocycles. The van der Waals surface area contributed by atoms with Crippen molar-refractivity contribution >= 4 is 0 Å². The van der Waals surface area contributed by atoms with Gasteiger partial charge in [0.25, 0.3) is 0 Å². The second-order valence-corrected chi connectivity index (χ2v) is 10.3. The van der Waals surface area contributed by atoms with E-state index >= 15 is 0 Å². The van der Waals surface area contributed by atoms with Crippen LogP contribution in [0, 0.1) is 0 Å². The summed E-state index contributed by atoms with van der Waals surface area (Å²) in [5, 5.41) is 0. The highest BCUT2D eigenvalue weighted by Crippen LogP contribution is 2.40. The molecule has 0 heterocycles. The van der Waals surface area contributed by atoms with Gasteiger partial charge >= 0.3 is 18.5 Å². The van der Waals surface area contributed by atoms with Crippen molar-refractivity contribution in [2.24, 2.45) is 0 Å². The van der Waals surface area contributed by atoms with Crippen molar-refractivity contribution in [1.82, 2.24) is 0 Å². The second kappa shape index (κ2) is 11.3. The van der Waals surface area contributed by atoms with Crippen molar-refractivity contribution in [2.45, 2.75) is 76.8 Å². The maximum atomic E-state index is 14.1. The molecule has 2 unspecified atom stereocenters. The van der Waals surface area contributed by atoms with Crippen LogP contribution in [0.3, 0.4) is 0 Å². The highest BCUT2D eigenvalue weighted by molar-refractivity contribution is 5.41. The molecular weight excluding hydrogens is 531 g/mol. The first kappa shape index (κ1) is 30.6. The summed E-state index contributed by atoms with van der Waals surface area (Å²) in [5.41, 5.74) is -1.56. The van der Waals surface area contributed by atoms with Crippen LogP contribution in [0.2, 0.25) is 0 Å². The number of rotatable bonds is 7. The summed E-state index contributed by atoms with van der Waals surface area (Å²) in [6.07, 6.45) is -14.2. The summed E-state index contributed by atoms with van der Waals surface area (Å²) in [6.45, 7) is 6.74. The van der Waals surface area contributed by atoms with Crippen LogP contribution in [0.5, 0.6) is 0 Å². The maximum absolute atomic E-state index is 14.1. The molecule has 0 radical (unpaired) electrons. The number of hydrogen-bond donors (Lipinski definition) is 0. The van der Waals surface area contributed by atoms with Crippen molar-refractivity contribution in [1.29, 1.82) is 0 Å². The van der Waals surface area contributed by atoms with Gasteiger partial charge in [-0.2, -0.15) is 39.5 Å². The third kappa shape index (κ3) is 7.37. The van der Waals surface area contributed by atoms with E-state index in [1.165, 1.54) is 43.3 Å². The monoisotopic (exact) mass is 560 g/mol. The minimum absolute atomic E-state index is 0.0867. The number of benzene rings is 3. The summed E-state index contributed by atoms with van der Waals surface area (Å²) in [5.74, 6) is -1.50. The van der Waals surface area contributed by atoms with Gasteiger partial charge in [0.2, 0.25) is 0 Å². The first-order chi connectivity index (χ1) is 17.9. The molecule has 0 fully saturated rings. The largest absolute Gasteiger partial charge is 0.416 e. The van der Waals surface area contributed by atoms with E-state index in [4.69, 9.17) is 0 Å². The molecule has 0 amide bonds. The fraction of sp³-hybridized carbons (Fsp3) is 0.400. The molecule has 212 valence electrons. The van der Waals surface area contributed by atoms with Crippen LogP contribution >= 0.6 is 0 Å². The Kier molecular flexibility index (Phi) is 8.82. The van der Waals surface area contributed by atoms with Gasteiger partial charge < -0.3 is 0 Å². The van der Waals surface area contributed by atoms with Crippen LogP contribution < -0.4 is 0 Å². The molecule has 3 aromatic carbocycles. The average Bonchev–Trinajstić information content (AvgIpc) is 2.82. The molecule has 0 aliphatic rings. The second-order valence-electron chi connectivity index (χ2n) is 10.3. The molecular formula is C30H29F9. The third-order valence-corrected chi connectivity index (χ3v) is 6.95. The lowest BCUT2D eigenvalue weighted by Gasteiger charge is -2.23. The van der Waals surface area contributed by atoms with Gasteiger partial charge in [-0.15, -0.1) is 0 Å². The Bertz CT molecular complexity index is 1280. The lowest BCUT2D eigenvalue weighted by molar-refractivity contribution is -0.139. The fourth-order valence-electron chi connectivity index (χ4n) is 4.94. The molecule has 0 N–H and O–H groups in total. The molecule has 3 rings (SSSR count). The van der Waals surface area contributed by atoms with Gasteiger partial charge in [-0.25, -0.2) is 0 Å². The Morgan fingerprint density at radius 3 is 1.69 bits per heavy atom. The lowest BCUT2D eigenvalue weighted by atomic mass is 9.84. The molecule has 0 aliphatic heterocycles. The molecule has 0 spiro atoms. The Morgan fingerprint density at radius 1 is 0.538 bits per heavy atom. The predicted molar refractivity (Wildman–Crippen MR) is 133 cm³/mol. The van der Waals surface area contributed by atoms with Crippen molar-refractivity contribution in [3.63, 3.8) is 0 Å². The zero-order valence-electron chi connectivity index (χ0n) is 21.8. The quantitative estimate of drug-likeness (QED) is 0.252. The Balaban J connectivity index is 1.96. The fourth-order valence-corrected chi connectivity index (χ4v) is 4.94. The summed E-state index contributed by atoms with van der Waals surface area (Å²) in [7, 11) is 0. The van der Waals surface area contributed by atoms with E-state index in [0.29, 0.717) is 11.1 Å². The maximum Gasteiger partial charge on any atom is 0.416 e. The van der Waals surface area contributed by atoms with Gasteiger partial charge in [0.1, 0.15) is 0 Å². The minimum atomic E-state index is -4.77. The van der Waals surface area contributed by atoms with Crippen LogP contribution in [-0.2, 0) is 31.4 Å². The van der Waals surface area contributed by atoms with E-state index in [-0.39, 0.29) is 35.4 Å². The van der Waals surface area contributed by atoms with Crippen molar-refractivity contribution in [3.05, 3.63) is 105 Å². The Hall–Kier alpha value is -2.97. The standard InChI is InChI=1S/C30H29F9/c1-17(2)24-12-11-23(28(31,32)33)15-22(24)13-18(3)20-9-10-21(27(16-20)30(37,38)39)14-19(4)25-7-5-6-8-26(25)29(34,35)36/h5-12,15-19H,13-14H2,1-4H3. The smallest absolute Gasteiger partial charge is 0.166 e. The van der Waals surface area contributed by atoms with E-state index in [0.717, 1.165) is 24.3 Å². The van der Waals surface area contributed by atoms with Gasteiger partial charge in [0.15, 0.2) is 0 Å². The van der Waals surface area contributed by atoms with Crippen LogP contribution in [0.15, 0.2) is 60.7 Å². The first-order valence-electron chi connectivity index (χ1n) is 12.5. The van der Waals surface area contributed by atoms with Gasteiger partial charge in [-0.3, -0.25) is 0 Å². The van der Waals surface area contributed by atoms with E-state index in [2.05, 4.69) is 0 Å².